The Labute approximate surface area is 219 Å². The Kier molecular flexibility index (Phi) is 8.88. The second-order valence-corrected chi connectivity index (χ2v) is 9.12. The number of carbonyl (C=O) groups excluding carboxylic acids is 1. The highest BCUT2D eigenvalue weighted by Crippen LogP contribution is 2.14. The molecule has 0 fully saturated rings. The first-order valence-corrected chi connectivity index (χ1v) is 12.4. The van der Waals surface area contributed by atoms with Crippen LogP contribution in [0.1, 0.15) is 39.8 Å². The molecule has 38 heavy (non-hydrogen) atoms. The molecule has 1 aromatic heterocycles. The summed E-state index contributed by atoms with van der Waals surface area (Å²) in [6.07, 6.45) is -0.0653. The predicted molar refractivity (Wildman–Crippen MR) is 139 cm³/mol. The largest absolute Gasteiger partial charge is 0.390 e. The molecule has 0 radical (unpaired) electrons. The first kappa shape index (κ1) is 27.0. The molecule has 0 unspecified atom stereocenters. The molecule has 198 valence electrons. The fourth-order valence-corrected chi connectivity index (χ4v) is 4.21. The van der Waals surface area contributed by atoms with Crippen LogP contribution in [0.2, 0.25) is 0 Å². The van der Waals surface area contributed by atoms with Gasteiger partial charge in [0.1, 0.15) is 11.6 Å². The molecule has 0 saturated carbocycles. The van der Waals surface area contributed by atoms with Gasteiger partial charge in [-0.15, -0.1) is 5.10 Å². The second kappa shape index (κ2) is 12.5. The molecule has 0 saturated heterocycles. The molecule has 1 heterocycles. The molecule has 2 atom stereocenters. The van der Waals surface area contributed by atoms with Crippen molar-refractivity contribution in [2.45, 2.75) is 45.4 Å². The van der Waals surface area contributed by atoms with Crippen molar-refractivity contribution >= 4 is 5.91 Å². The third-order valence-corrected chi connectivity index (χ3v) is 6.24. The predicted octanol–water partition coefficient (Wildman–Crippen LogP) is 3.30. The zero-order chi connectivity index (χ0) is 27.1. The lowest BCUT2D eigenvalue weighted by Gasteiger charge is -2.25. The van der Waals surface area contributed by atoms with E-state index in [9.17, 15) is 18.7 Å². The van der Waals surface area contributed by atoms with Crippen molar-refractivity contribution in [2.75, 3.05) is 6.54 Å². The lowest BCUT2D eigenvalue weighted by atomic mass is 10.00. The fraction of sp³-hybridized carbons (Fsp3) is 0.286. The number of aliphatic hydroxyl groups excluding tert-OH is 1. The Morgan fingerprint density at radius 1 is 1.00 bits per heavy atom. The van der Waals surface area contributed by atoms with Crippen LogP contribution in [-0.2, 0) is 19.4 Å². The van der Waals surface area contributed by atoms with Gasteiger partial charge in [-0.25, -0.2) is 8.78 Å². The number of benzene rings is 3. The zero-order valence-corrected chi connectivity index (χ0v) is 21.2. The standard InChI is InChI=1S/C28H30F2N6O2/c1-3-19-5-4-6-20(11-19)16-31-17-27(37)26(14-21-12-23(29)15-24(30)13-21)32-28(38)22-7-9-25(10-8-22)36-18(2)33-34-35-36/h4-13,15,26-27,31,37H,3,14,16-17H2,1-2H3,(H,32,38)/t26-,27+/m0/s1. The highest BCUT2D eigenvalue weighted by molar-refractivity contribution is 5.94. The average Bonchev–Trinajstić information content (AvgIpc) is 3.33. The molecule has 0 aliphatic rings. The van der Waals surface area contributed by atoms with Crippen molar-refractivity contribution < 1.29 is 18.7 Å². The first-order valence-electron chi connectivity index (χ1n) is 12.4. The SMILES string of the molecule is CCc1cccc(CNC[C@@H](O)[C@H](Cc2cc(F)cc(F)c2)NC(=O)c2ccc(-n3nnnc3C)cc2)c1. The third-order valence-electron chi connectivity index (χ3n) is 6.24. The number of amides is 1. The zero-order valence-electron chi connectivity index (χ0n) is 21.2. The first-order chi connectivity index (χ1) is 18.3. The van der Waals surface area contributed by atoms with E-state index in [2.05, 4.69) is 45.2 Å². The lowest BCUT2D eigenvalue weighted by Crippen LogP contribution is -2.48. The summed E-state index contributed by atoms with van der Waals surface area (Å²) in [7, 11) is 0. The molecule has 1 amide bonds. The van der Waals surface area contributed by atoms with Crippen LogP contribution in [0.4, 0.5) is 8.78 Å². The van der Waals surface area contributed by atoms with Crippen LogP contribution in [-0.4, -0.2) is 49.9 Å². The maximum atomic E-state index is 13.8. The number of aromatic nitrogens is 4. The molecule has 4 rings (SSSR count). The minimum atomic E-state index is -1.03. The topological polar surface area (TPSA) is 105 Å². The number of hydrogen-bond acceptors (Lipinski definition) is 6. The number of tetrazole rings is 1. The van der Waals surface area contributed by atoms with E-state index in [1.54, 1.807) is 31.2 Å². The second-order valence-electron chi connectivity index (χ2n) is 9.12. The van der Waals surface area contributed by atoms with Crippen LogP contribution in [0.15, 0.2) is 66.7 Å². The van der Waals surface area contributed by atoms with Crippen LogP contribution >= 0.6 is 0 Å². The van der Waals surface area contributed by atoms with Gasteiger partial charge in [0.15, 0.2) is 5.82 Å². The van der Waals surface area contributed by atoms with Gasteiger partial charge in [-0.3, -0.25) is 4.79 Å². The number of nitrogens with zero attached hydrogens (tertiary/aromatic N) is 4. The maximum absolute atomic E-state index is 13.8. The molecule has 8 nitrogen and oxygen atoms in total. The highest BCUT2D eigenvalue weighted by Gasteiger charge is 2.23. The Morgan fingerprint density at radius 2 is 1.71 bits per heavy atom. The molecule has 0 spiro atoms. The van der Waals surface area contributed by atoms with E-state index < -0.39 is 29.7 Å². The number of halogens is 2. The molecule has 3 aromatic carbocycles. The number of carbonyl (C=O) groups is 1. The number of nitrogens with one attached hydrogen (secondary N) is 2. The monoisotopic (exact) mass is 520 g/mol. The molecule has 0 aliphatic heterocycles. The summed E-state index contributed by atoms with van der Waals surface area (Å²) in [4.78, 5) is 13.1. The summed E-state index contributed by atoms with van der Waals surface area (Å²) in [6, 6.07) is 17.2. The quantitative estimate of drug-likeness (QED) is 0.280. The van der Waals surface area contributed by atoms with E-state index in [1.807, 2.05) is 12.1 Å². The van der Waals surface area contributed by atoms with E-state index in [1.165, 1.54) is 22.4 Å². The molecule has 10 heteroatoms. The van der Waals surface area contributed by atoms with Crippen molar-refractivity contribution in [3.8, 4) is 5.69 Å². The van der Waals surface area contributed by atoms with Gasteiger partial charge in [-0.1, -0.05) is 31.2 Å². The van der Waals surface area contributed by atoms with E-state index in [4.69, 9.17) is 0 Å². The number of aryl methyl sites for hydroxylation is 2. The summed E-state index contributed by atoms with van der Waals surface area (Å²) in [6.45, 7) is 4.53. The Morgan fingerprint density at radius 3 is 2.37 bits per heavy atom. The Balaban J connectivity index is 1.46. The summed E-state index contributed by atoms with van der Waals surface area (Å²) in [5.74, 6) is -1.27. The van der Waals surface area contributed by atoms with Crippen LogP contribution in [0.3, 0.4) is 0 Å². The van der Waals surface area contributed by atoms with E-state index >= 15 is 0 Å². The van der Waals surface area contributed by atoms with E-state index in [0.717, 1.165) is 18.1 Å². The molecule has 3 N–H and O–H groups in total. The van der Waals surface area contributed by atoms with E-state index in [0.29, 0.717) is 29.2 Å². The summed E-state index contributed by atoms with van der Waals surface area (Å²) in [5, 5.41) is 28.4. The minimum Gasteiger partial charge on any atom is -0.390 e. The number of aliphatic hydroxyl groups is 1. The Hall–Kier alpha value is -4.02. The Bertz CT molecular complexity index is 1360. The molecule has 0 bridgehead atoms. The van der Waals surface area contributed by atoms with Crippen LogP contribution in [0.25, 0.3) is 5.69 Å². The molecule has 4 aromatic rings. The van der Waals surface area contributed by atoms with Crippen molar-refractivity contribution in [3.63, 3.8) is 0 Å². The smallest absolute Gasteiger partial charge is 0.251 e. The molecular formula is C28H30F2N6O2. The average molecular weight is 521 g/mol. The normalized spacial score (nSPS) is 12.8. The van der Waals surface area contributed by atoms with Gasteiger partial charge in [-0.2, -0.15) is 4.68 Å². The van der Waals surface area contributed by atoms with Gasteiger partial charge < -0.3 is 15.7 Å². The summed E-state index contributed by atoms with van der Waals surface area (Å²) < 4.78 is 29.2. The summed E-state index contributed by atoms with van der Waals surface area (Å²) in [5.41, 5.74) is 3.65. The lowest BCUT2D eigenvalue weighted by molar-refractivity contribution is 0.0830. The van der Waals surface area contributed by atoms with Gasteiger partial charge in [-0.05, 0) is 83.3 Å². The number of hydrogen-bond donors (Lipinski definition) is 3. The van der Waals surface area contributed by atoms with Gasteiger partial charge >= 0.3 is 0 Å². The van der Waals surface area contributed by atoms with Crippen molar-refractivity contribution in [1.29, 1.82) is 0 Å². The van der Waals surface area contributed by atoms with Gasteiger partial charge in [0.05, 0.1) is 17.8 Å². The minimum absolute atomic E-state index is 0.0382. The third kappa shape index (κ3) is 7.05. The van der Waals surface area contributed by atoms with Crippen molar-refractivity contribution in [1.82, 2.24) is 30.8 Å². The van der Waals surface area contributed by atoms with Crippen LogP contribution in [0, 0.1) is 18.6 Å². The van der Waals surface area contributed by atoms with E-state index in [-0.39, 0.29) is 13.0 Å². The maximum Gasteiger partial charge on any atom is 0.251 e. The molecular weight excluding hydrogens is 490 g/mol. The number of rotatable bonds is 11. The van der Waals surface area contributed by atoms with Crippen molar-refractivity contribution in [3.05, 3.63) is 106 Å². The van der Waals surface area contributed by atoms with Crippen LogP contribution < -0.4 is 10.6 Å². The van der Waals surface area contributed by atoms with Gasteiger partial charge in [0, 0.05) is 24.7 Å². The highest BCUT2D eigenvalue weighted by atomic mass is 19.1. The van der Waals surface area contributed by atoms with Gasteiger partial charge in [0.25, 0.3) is 5.91 Å². The fourth-order valence-electron chi connectivity index (χ4n) is 4.21. The molecule has 0 aliphatic carbocycles. The van der Waals surface area contributed by atoms with Crippen molar-refractivity contribution in [2.24, 2.45) is 0 Å². The van der Waals surface area contributed by atoms with Crippen LogP contribution in [0.5, 0.6) is 0 Å². The van der Waals surface area contributed by atoms with Gasteiger partial charge in [0.2, 0.25) is 0 Å². The summed E-state index contributed by atoms with van der Waals surface area (Å²) >= 11 is 0.